The summed E-state index contributed by atoms with van der Waals surface area (Å²) < 4.78 is 18.6. The quantitative estimate of drug-likeness (QED) is 0.650. The monoisotopic (exact) mass is 364 g/mol. The van der Waals surface area contributed by atoms with Gasteiger partial charge in [0.15, 0.2) is 0 Å². The maximum Gasteiger partial charge on any atom is 0.128 e. The smallest absolute Gasteiger partial charge is 0.128 e. The molecule has 0 unspecified atom stereocenters. The third-order valence-corrected chi connectivity index (χ3v) is 4.26. The topological polar surface area (TPSA) is 76.7 Å². The van der Waals surface area contributed by atoms with Crippen LogP contribution in [0, 0.1) is 17.1 Å². The molecule has 0 atom stereocenters. The third-order valence-electron chi connectivity index (χ3n) is 4.26. The highest BCUT2D eigenvalue weighted by Crippen LogP contribution is 2.37. The van der Waals surface area contributed by atoms with Crippen LogP contribution in [0.15, 0.2) is 60.7 Å². The van der Waals surface area contributed by atoms with E-state index < -0.39 is 0 Å². The Bertz CT molecular complexity index is 995. The molecule has 2 N–H and O–H groups in total. The van der Waals surface area contributed by atoms with Crippen molar-refractivity contribution < 1.29 is 19.5 Å². The molecule has 0 spiro atoms. The minimum atomic E-state index is -0.316. The first kappa shape index (κ1) is 18.4. The van der Waals surface area contributed by atoms with E-state index in [4.69, 9.17) is 4.74 Å². The number of ether oxygens (including phenoxy) is 1. The van der Waals surface area contributed by atoms with Crippen LogP contribution >= 0.6 is 0 Å². The first-order valence-corrected chi connectivity index (χ1v) is 8.16. The standard InChI is InChI=1S/C21H17FN2O3/c1-27-20-10-7-15(11-14-5-8-17(22)9-6-14)19(13-23)21(20)16-3-2-4-18(12-16)24(25)26/h2-10,12,25-26H,11H2,1H3. The number of hydrogen-bond acceptors (Lipinski definition) is 5. The Morgan fingerprint density at radius 2 is 1.81 bits per heavy atom. The average molecular weight is 364 g/mol. The van der Waals surface area contributed by atoms with E-state index in [2.05, 4.69) is 6.07 Å². The van der Waals surface area contributed by atoms with Gasteiger partial charge in [-0.25, -0.2) is 4.39 Å². The van der Waals surface area contributed by atoms with Gasteiger partial charge in [-0.05, 0) is 53.4 Å². The molecular formula is C21H17FN2O3. The van der Waals surface area contributed by atoms with Crippen molar-refractivity contribution in [3.8, 4) is 22.9 Å². The van der Waals surface area contributed by atoms with Gasteiger partial charge in [-0.1, -0.05) is 30.3 Å². The fourth-order valence-electron chi connectivity index (χ4n) is 2.97. The van der Waals surface area contributed by atoms with Gasteiger partial charge < -0.3 is 4.74 Å². The normalized spacial score (nSPS) is 10.3. The lowest BCUT2D eigenvalue weighted by Gasteiger charge is -2.16. The molecule has 6 heteroatoms. The number of hydrogen-bond donors (Lipinski definition) is 2. The van der Waals surface area contributed by atoms with E-state index in [1.807, 2.05) is 0 Å². The summed E-state index contributed by atoms with van der Waals surface area (Å²) in [5, 5.41) is 28.4. The molecule has 0 saturated carbocycles. The summed E-state index contributed by atoms with van der Waals surface area (Å²) in [6.45, 7) is 0. The molecule has 136 valence electrons. The van der Waals surface area contributed by atoms with Crippen LogP contribution in [-0.4, -0.2) is 17.5 Å². The van der Waals surface area contributed by atoms with Crippen LogP contribution in [0.25, 0.3) is 11.1 Å². The molecule has 3 aromatic carbocycles. The molecule has 0 aliphatic carbocycles. The summed E-state index contributed by atoms with van der Waals surface area (Å²) in [5.41, 5.74) is 3.36. The average Bonchev–Trinajstić information content (AvgIpc) is 2.69. The molecule has 27 heavy (non-hydrogen) atoms. The van der Waals surface area contributed by atoms with Crippen molar-refractivity contribution in [2.45, 2.75) is 6.42 Å². The highest BCUT2D eigenvalue weighted by molar-refractivity contribution is 5.80. The minimum Gasteiger partial charge on any atom is -0.496 e. The van der Waals surface area contributed by atoms with Crippen LogP contribution in [0.5, 0.6) is 5.75 Å². The van der Waals surface area contributed by atoms with Gasteiger partial charge in [-0.15, -0.1) is 5.23 Å². The van der Waals surface area contributed by atoms with Gasteiger partial charge in [0.05, 0.1) is 18.4 Å². The van der Waals surface area contributed by atoms with Gasteiger partial charge in [-0.2, -0.15) is 5.26 Å². The zero-order chi connectivity index (χ0) is 19.4. The van der Waals surface area contributed by atoms with Gasteiger partial charge in [0.25, 0.3) is 0 Å². The van der Waals surface area contributed by atoms with Gasteiger partial charge in [0, 0.05) is 5.56 Å². The van der Waals surface area contributed by atoms with Crippen molar-refractivity contribution in [2.24, 2.45) is 0 Å². The Morgan fingerprint density at radius 1 is 1.07 bits per heavy atom. The number of nitriles is 1. The fraction of sp³-hybridized carbons (Fsp3) is 0.0952. The van der Waals surface area contributed by atoms with Crippen LogP contribution in [0.2, 0.25) is 0 Å². The summed E-state index contributed by atoms with van der Waals surface area (Å²) in [7, 11) is 1.51. The van der Waals surface area contributed by atoms with Crippen LogP contribution in [0.1, 0.15) is 16.7 Å². The molecule has 0 fully saturated rings. The van der Waals surface area contributed by atoms with E-state index in [1.54, 1.807) is 42.5 Å². The molecule has 0 radical (unpaired) electrons. The Morgan fingerprint density at radius 3 is 2.44 bits per heavy atom. The zero-order valence-electron chi connectivity index (χ0n) is 14.6. The van der Waals surface area contributed by atoms with E-state index in [0.29, 0.717) is 28.9 Å². The molecule has 0 saturated heterocycles. The van der Waals surface area contributed by atoms with Crippen molar-refractivity contribution >= 4 is 5.69 Å². The van der Waals surface area contributed by atoms with E-state index in [0.717, 1.165) is 11.1 Å². The second-order valence-corrected chi connectivity index (χ2v) is 5.93. The number of nitrogens with zero attached hydrogens (tertiary/aromatic N) is 2. The maximum absolute atomic E-state index is 13.1. The summed E-state index contributed by atoms with van der Waals surface area (Å²) in [5.74, 6) is 0.179. The summed E-state index contributed by atoms with van der Waals surface area (Å²) in [4.78, 5) is 0. The van der Waals surface area contributed by atoms with Crippen molar-refractivity contribution in [1.82, 2.24) is 0 Å². The number of rotatable bonds is 5. The number of halogens is 1. The predicted octanol–water partition coefficient (Wildman–Crippen LogP) is 4.55. The summed E-state index contributed by atoms with van der Waals surface area (Å²) in [6.07, 6.45) is 0.450. The Labute approximate surface area is 156 Å². The first-order chi connectivity index (χ1) is 13.0. The largest absolute Gasteiger partial charge is 0.496 e. The van der Waals surface area contributed by atoms with Gasteiger partial charge >= 0.3 is 0 Å². The first-order valence-electron chi connectivity index (χ1n) is 8.16. The molecule has 3 rings (SSSR count). The van der Waals surface area contributed by atoms with Gasteiger partial charge in [0.2, 0.25) is 0 Å². The molecule has 0 aliphatic heterocycles. The van der Waals surface area contributed by atoms with Crippen LogP contribution in [0.4, 0.5) is 10.1 Å². The lowest BCUT2D eigenvalue weighted by Crippen LogP contribution is -2.10. The van der Waals surface area contributed by atoms with E-state index in [9.17, 15) is 20.1 Å². The van der Waals surface area contributed by atoms with E-state index >= 15 is 0 Å². The molecule has 3 aromatic rings. The SMILES string of the molecule is COc1ccc(Cc2ccc(F)cc2)c(C#N)c1-c1cccc(N(O)O)c1. The second kappa shape index (κ2) is 7.87. The fourth-order valence-corrected chi connectivity index (χ4v) is 2.97. The Hall–Kier alpha value is -3.40. The van der Waals surface area contributed by atoms with Crippen molar-refractivity contribution in [3.05, 3.63) is 83.2 Å². The Balaban J connectivity index is 2.13. The minimum absolute atomic E-state index is 0.0182. The lowest BCUT2D eigenvalue weighted by molar-refractivity contribution is 0.0292. The number of benzene rings is 3. The molecule has 0 heterocycles. The number of anilines is 1. The number of methoxy groups -OCH3 is 1. The van der Waals surface area contributed by atoms with Crippen molar-refractivity contribution in [3.63, 3.8) is 0 Å². The molecule has 5 nitrogen and oxygen atoms in total. The second-order valence-electron chi connectivity index (χ2n) is 5.93. The van der Waals surface area contributed by atoms with Crippen LogP contribution < -0.4 is 9.96 Å². The van der Waals surface area contributed by atoms with Gasteiger partial charge in [-0.3, -0.25) is 10.4 Å². The molecule has 0 aliphatic rings. The predicted molar refractivity (Wildman–Crippen MR) is 98.4 cm³/mol. The van der Waals surface area contributed by atoms with Crippen molar-refractivity contribution in [1.29, 1.82) is 5.26 Å². The van der Waals surface area contributed by atoms with Crippen molar-refractivity contribution in [2.75, 3.05) is 12.3 Å². The van der Waals surface area contributed by atoms with Gasteiger partial charge in [0.1, 0.15) is 17.6 Å². The summed E-state index contributed by atoms with van der Waals surface area (Å²) >= 11 is 0. The third kappa shape index (κ3) is 3.90. The lowest BCUT2D eigenvalue weighted by atomic mass is 9.91. The zero-order valence-corrected chi connectivity index (χ0v) is 14.6. The highest BCUT2D eigenvalue weighted by Gasteiger charge is 2.17. The maximum atomic E-state index is 13.1. The summed E-state index contributed by atoms with van der Waals surface area (Å²) in [6, 6.07) is 18.4. The van der Waals surface area contributed by atoms with Crippen LogP contribution in [0.3, 0.4) is 0 Å². The van der Waals surface area contributed by atoms with Crippen LogP contribution in [-0.2, 0) is 6.42 Å². The molecular weight excluding hydrogens is 347 g/mol. The Kier molecular flexibility index (Phi) is 5.36. The van der Waals surface area contributed by atoms with E-state index in [1.165, 1.54) is 25.3 Å². The molecule has 0 amide bonds. The van der Waals surface area contributed by atoms with E-state index in [-0.39, 0.29) is 16.7 Å². The molecule has 0 bridgehead atoms. The molecule has 0 aromatic heterocycles. The highest BCUT2D eigenvalue weighted by atomic mass is 19.1.